The fourth-order valence-corrected chi connectivity index (χ4v) is 3.16. The van der Waals surface area contributed by atoms with E-state index in [0.717, 1.165) is 17.2 Å². The number of aliphatic carboxylic acids is 1. The lowest BCUT2D eigenvalue weighted by molar-refractivity contribution is -0.138. The summed E-state index contributed by atoms with van der Waals surface area (Å²) in [5.74, 6) is 0.492. The van der Waals surface area contributed by atoms with E-state index in [1.54, 1.807) is 11.7 Å². The van der Waals surface area contributed by atoms with Crippen LogP contribution in [0.1, 0.15) is 23.7 Å². The Morgan fingerprint density at radius 2 is 2.21 bits per heavy atom. The van der Waals surface area contributed by atoms with Crippen LogP contribution < -0.4 is 10.2 Å². The van der Waals surface area contributed by atoms with E-state index < -0.39 is 5.97 Å². The first-order chi connectivity index (χ1) is 11.5. The van der Waals surface area contributed by atoms with Crippen molar-refractivity contribution < 1.29 is 9.90 Å². The number of anilines is 2. The number of aromatic nitrogens is 5. The molecule has 0 radical (unpaired) electrons. The molecule has 24 heavy (non-hydrogen) atoms. The van der Waals surface area contributed by atoms with Crippen LogP contribution in [0.5, 0.6) is 0 Å². The molecule has 2 unspecified atom stereocenters. The van der Waals surface area contributed by atoms with E-state index in [2.05, 4.69) is 25.6 Å². The Hall–Kier alpha value is -2.71. The highest BCUT2D eigenvalue weighted by molar-refractivity contribution is 5.67. The standard InChI is InChI=1S/C15H21N7O2/c1-9-4-13(16-2)18-15(17-9)22-6-10(5-14(23)24)11(7-22)12-8-21(3)20-19-12/h4,8,10-11H,5-7H2,1-3H3,(H,23,24)(H,16,17,18). The minimum atomic E-state index is -0.809. The maximum Gasteiger partial charge on any atom is 0.303 e. The number of carbonyl (C=O) groups is 1. The van der Waals surface area contributed by atoms with Crippen LogP contribution in [0.25, 0.3) is 0 Å². The summed E-state index contributed by atoms with van der Waals surface area (Å²) in [7, 11) is 3.61. The molecule has 0 aliphatic carbocycles. The van der Waals surface area contributed by atoms with Gasteiger partial charge in [-0.1, -0.05) is 5.21 Å². The number of carboxylic acids is 1. The summed E-state index contributed by atoms with van der Waals surface area (Å²) in [4.78, 5) is 22.3. The van der Waals surface area contributed by atoms with Gasteiger partial charge in [0.2, 0.25) is 5.95 Å². The molecule has 3 heterocycles. The molecule has 3 rings (SSSR count). The summed E-state index contributed by atoms with van der Waals surface area (Å²) < 4.78 is 1.64. The largest absolute Gasteiger partial charge is 0.481 e. The van der Waals surface area contributed by atoms with Crippen LogP contribution in [0, 0.1) is 12.8 Å². The van der Waals surface area contributed by atoms with Crippen LogP contribution in [-0.2, 0) is 11.8 Å². The van der Waals surface area contributed by atoms with Gasteiger partial charge in [-0.05, 0) is 12.8 Å². The van der Waals surface area contributed by atoms with Gasteiger partial charge in [0, 0.05) is 51.1 Å². The second-order valence-electron chi connectivity index (χ2n) is 6.13. The number of nitrogens with zero attached hydrogens (tertiary/aromatic N) is 6. The number of hydrogen-bond acceptors (Lipinski definition) is 7. The molecule has 1 aliphatic rings. The topological polar surface area (TPSA) is 109 Å². The molecule has 0 bridgehead atoms. The molecule has 1 aliphatic heterocycles. The van der Waals surface area contributed by atoms with Gasteiger partial charge in [0.1, 0.15) is 5.82 Å². The lowest BCUT2D eigenvalue weighted by Gasteiger charge is -2.17. The molecule has 2 aromatic heterocycles. The molecule has 1 fully saturated rings. The van der Waals surface area contributed by atoms with E-state index in [1.165, 1.54) is 0 Å². The summed E-state index contributed by atoms with van der Waals surface area (Å²) in [5, 5.41) is 20.4. The molecule has 128 valence electrons. The third-order valence-corrected chi connectivity index (χ3v) is 4.26. The average molecular weight is 331 g/mol. The Morgan fingerprint density at radius 1 is 1.42 bits per heavy atom. The Balaban J connectivity index is 1.88. The van der Waals surface area contributed by atoms with Gasteiger partial charge < -0.3 is 15.3 Å². The highest BCUT2D eigenvalue weighted by Gasteiger charge is 2.38. The summed E-state index contributed by atoms with van der Waals surface area (Å²) in [6.07, 6.45) is 1.93. The van der Waals surface area contributed by atoms with Crippen molar-refractivity contribution in [1.82, 2.24) is 25.0 Å². The number of aryl methyl sites for hydroxylation is 2. The van der Waals surface area contributed by atoms with Gasteiger partial charge >= 0.3 is 5.97 Å². The van der Waals surface area contributed by atoms with Gasteiger partial charge in [0.05, 0.1) is 12.1 Å². The zero-order valence-corrected chi connectivity index (χ0v) is 14.0. The first-order valence-electron chi connectivity index (χ1n) is 7.82. The van der Waals surface area contributed by atoms with E-state index in [9.17, 15) is 9.90 Å². The average Bonchev–Trinajstić information content (AvgIpc) is 3.12. The summed E-state index contributed by atoms with van der Waals surface area (Å²) in [6, 6.07) is 1.87. The second-order valence-corrected chi connectivity index (χ2v) is 6.13. The Kier molecular flexibility index (Phi) is 4.32. The van der Waals surface area contributed by atoms with E-state index >= 15 is 0 Å². The van der Waals surface area contributed by atoms with E-state index in [-0.39, 0.29) is 18.3 Å². The van der Waals surface area contributed by atoms with Gasteiger partial charge in [-0.3, -0.25) is 9.48 Å². The fourth-order valence-electron chi connectivity index (χ4n) is 3.16. The molecular weight excluding hydrogens is 310 g/mol. The normalized spacial score (nSPS) is 20.4. The number of rotatable bonds is 5. The maximum atomic E-state index is 11.2. The van der Waals surface area contributed by atoms with Crippen molar-refractivity contribution in [2.24, 2.45) is 13.0 Å². The van der Waals surface area contributed by atoms with Crippen LogP contribution >= 0.6 is 0 Å². The molecule has 0 saturated carbocycles. The van der Waals surface area contributed by atoms with Crippen molar-refractivity contribution in [2.75, 3.05) is 30.4 Å². The fraction of sp³-hybridized carbons (Fsp3) is 0.533. The molecule has 2 aromatic rings. The van der Waals surface area contributed by atoms with Crippen molar-refractivity contribution >= 4 is 17.7 Å². The third kappa shape index (κ3) is 3.29. The Morgan fingerprint density at radius 3 is 2.83 bits per heavy atom. The van der Waals surface area contributed by atoms with Crippen molar-refractivity contribution in [3.05, 3.63) is 23.7 Å². The molecular formula is C15H21N7O2. The first kappa shape index (κ1) is 16.2. The van der Waals surface area contributed by atoms with Crippen LogP contribution in [0.4, 0.5) is 11.8 Å². The quantitative estimate of drug-likeness (QED) is 0.822. The van der Waals surface area contributed by atoms with Crippen LogP contribution in [0.15, 0.2) is 12.3 Å². The number of carboxylic acid groups (broad SMARTS) is 1. The molecule has 0 spiro atoms. The molecule has 0 amide bonds. The molecule has 2 atom stereocenters. The minimum absolute atomic E-state index is 0.00283. The number of hydrogen-bond donors (Lipinski definition) is 2. The van der Waals surface area contributed by atoms with Gasteiger partial charge in [-0.15, -0.1) is 5.10 Å². The minimum Gasteiger partial charge on any atom is -0.481 e. The van der Waals surface area contributed by atoms with Gasteiger partial charge in [-0.2, -0.15) is 4.98 Å². The lowest BCUT2D eigenvalue weighted by atomic mass is 9.91. The Bertz CT molecular complexity index is 745. The summed E-state index contributed by atoms with van der Waals surface area (Å²) in [5.41, 5.74) is 1.68. The highest BCUT2D eigenvalue weighted by Crippen LogP contribution is 2.35. The van der Waals surface area contributed by atoms with Gasteiger partial charge in [0.25, 0.3) is 0 Å². The first-order valence-corrected chi connectivity index (χ1v) is 7.82. The smallest absolute Gasteiger partial charge is 0.303 e. The van der Waals surface area contributed by atoms with E-state index in [4.69, 9.17) is 0 Å². The van der Waals surface area contributed by atoms with Gasteiger partial charge in [-0.25, -0.2) is 4.98 Å². The van der Waals surface area contributed by atoms with Crippen molar-refractivity contribution in [1.29, 1.82) is 0 Å². The molecule has 1 saturated heterocycles. The highest BCUT2D eigenvalue weighted by atomic mass is 16.4. The Labute approximate surface area is 139 Å². The molecule has 0 aromatic carbocycles. The predicted molar refractivity (Wildman–Crippen MR) is 88.0 cm³/mol. The zero-order chi connectivity index (χ0) is 17.3. The predicted octanol–water partition coefficient (Wildman–Crippen LogP) is 0.650. The van der Waals surface area contributed by atoms with Crippen molar-refractivity contribution in [3.63, 3.8) is 0 Å². The maximum absolute atomic E-state index is 11.2. The van der Waals surface area contributed by atoms with Crippen LogP contribution in [0.2, 0.25) is 0 Å². The number of nitrogens with one attached hydrogen (secondary N) is 1. The van der Waals surface area contributed by atoms with Gasteiger partial charge in [0.15, 0.2) is 0 Å². The van der Waals surface area contributed by atoms with Crippen molar-refractivity contribution in [2.45, 2.75) is 19.3 Å². The van der Waals surface area contributed by atoms with Crippen LogP contribution in [0.3, 0.4) is 0 Å². The third-order valence-electron chi connectivity index (χ3n) is 4.26. The molecule has 2 N–H and O–H groups in total. The second kappa shape index (κ2) is 6.42. The van der Waals surface area contributed by atoms with Crippen molar-refractivity contribution in [3.8, 4) is 0 Å². The SMILES string of the molecule is CNc1cc(C)nc(N2CC(CC(=O)O)C(c3cn(C)nn3)C2)n1. The van der Waals surface area contributed by atoms with E-state index in [1.807, 2.05) is 31.1 Å². The van der Waals surface area contributed by atoms with Crippen LogP contribution in [-0.4, -0.2) is 56.2 Å². The van der Waals surface area contributed by atoms with E-state index in [0.29, 0.717) is 19.0 Å². The molecule has 9 heteroatoms. The molecule has 9 nitrogen and oxygen atoms in total. The summed E-state index contributed by atoms with van der Waals surface area (Å²) >= 11 is 0. The summed E-state index contributed by atoms with van der Waals surface area (Å²) in [6.45, 7) is 3.13. The lowest BCUT2D eigenvalue weighted by Crippen LogP contribution is -2.23. The zero-order valence-electron chi connectivity index (χ0n) is 14.0. The monoisotopic (exact) mass is 331 g/mol.